The number of aromatic nitrogens is 5. The molecule has 0 saturated carbocycles. The second-order valence-corrected chi connectivity index (χ2v) is 5.92. The van der Waals surface area contributed by atoms with Crippen LogP contribution in [0.3, 0.4) is 0 Å². The summed E-state index contributed by atoms with van der Waals surface area (Å²) in [7, 11) is 0. The zero-order valence-electron chi connectivity index (χ0n) is 13.9. The Labute approximate surface area is 152 Å². The van der Waals surface area contributed by atoms with Gasteiger partial charge in [-0.1, -0.05) is 12.1 Å². The number of hydrogen-bond donors (Lipinski definition) is 2. The molecule has 0 atom stereocenters. The van der Waals surface area contributed by atoms with E-state index in [1.165, 1.54) is 16.8 Å². The predicted molar refractivity (Wildman–Crippen MR) is 92.1 cm³/mol. The highest BCUT2D eigenvalue weighted by molar-refractivity contribution is 5.95. The Morgan fingerprint density at radius 1 is 1.07 bits per heavy atom. The van der Waals surface area contributed by atoms with Gasteiger partial charge < -0.3 is 10.2 Å². The molecule has 9 nitrogen and oxygen atoms in total. The van der Waals surface area contributed by atoms with Gasteiger partial charge in [0.15, 0.2) is 0 Å². The van der Waals surface area contributed by atoms with E-state index in [9.17, 15) is 19.8 Å². The first-order chi connectivity index (χ1) is 13.0. The van der Waals surface area contributed by atoms with Crippen molar-refractivity contribution in [2.24, 2.45) is 0 Å². The maximum absolute atomic E-state index is 11.6. The number of carboxylic acids is 1. The molecule has 0 unspecified atom stereocenters. The maximum Gasteiger partial charge on any atom is 0.511 e. The van der Waals surface area contributed by atoms with Crippen LogP contribution in [0, 0.1) is 0 Å². The number of carbonyl (C=O) groups is 2. The van der Waals surface area contributed by atoms with Gasteiger partial charge in [-0.15, -0.1) is 0 Å². The van der Waals surface area contributed by atoms with Crippen LogP contribution in [0.1, 0.15) is 21.5 Å². The lowest BCUT2D eigenvalue weighted by molar-refractivity contribution is -0.513. The molecule has 134 valence electrons. The highest BCUT2D eigenvalue weighted by Crippen LogP contribution is 2.15. The summed E-state index contributed by atoms with van der Waals surface area (Å²) in [4.78, 5) is 22.9. The van der Waals surface area contributed by atoms with Crippen LogP contribution in [-0.2, 0) is 6.42 Å². The zero-order chi connectivity index (χ0) is 19.0. The summed E-state index contributed by atoms with van der Waals surface area (Å²) in [6.07, 6.45) is 5.64. The van der Waals surface area contributed by atoms with Crippen LogP contribution in [0.25, 0.3) is 11.3 Å². The van der Waals surface area contributed by atoms with Crippen molar-refractivity contribution in [3.8, 4) is 5.69 Å². The smallest absolute Gasteiger partial charge is 0.477 e. The van der Waals surface area contributed by atoms with Crippen LogP contribution in [0.5, 0.6) is 0 Å². The van der Waals surface area contributed by atoms with E-state index in [-0.39, 0.29) is 11.2 Å². The summed E-state index contributed by atoms with van der Waals surface area (Å²) >= 11 is 0. The summed E-state index contributed by atoms with van der Waals surface area (Å²) in [6, 6.07) is 11.0. The molecule has 3 heterocycles. The van der Waals surface area contributed by atoms with Gasteiger partial charge in [0.1, 0.15) is 5.56 Å². The first kappa shape index (κ1) is 16.5. The third-order valence-corrected chi connectivity index (χ3v) is 4.14. The molecular weight excluding hydrogens is 350 g/mol. The molecule has 1 aromatic carbocycles. The van der Waals surface area contributed by atoms with Crippen LogP contribution in [-0.4, -0.2) is 41.8 Å². The van der Waals surface area contributed by atoms with E-state index in [1.54, 1.807) is 17.1 Å². The lowest BCUT2D eigenvalue weighted by atomic mass is 10.0. The van der Waals surface area contributed by atoms with Gasteiger partial charge in [-0.25, -0.2) is 18.7 Å². The van der Waals surface area contributed by atoms with Gasteiger partial charge in [0.05, 0.1) is 11.9 Å². The topological polar surface area (TPSA) is 114 Å². The van der Waals surface area contributed by atoms with Crippen molar-refractivity contribution in [3.63, 3.8) is 0 Å². The van der Waals surface area contributed by atoms with Crippen molar-refractivity contribution < 1.29 is 24.2 Å². The standard InChI is InChI=1S/C18H13N5O4/c24-17(25)15-9-13(10-21-11-20-23(16(15)21)18(26)27)8-12-2-4-14(5-3-12)22-7-1-6-19-22/h1-7,9-11H,8H2,(H-,24,25,26,27)/p+1. The molecular formula is C18H14N5O4+. The summed E-state index contributed by atoms with van der Waals surface area (Å²) in [5.74, 6) is -1.22. The fourth-order valence-corrected chi connectivity index (χ4v) is 2.96. The van der Waals surface area contributed by atoms with E-state index >= 15 is 0 Å². The van der Waals surface area contributed by atoms with Crippen LogP contribution in [0.4, 0.5) is 4.79 Å². The fourth-order valence-electron chi connectivity index (χ4n) is 2.96. The average Bonchev–Trinajstić information content (AvgIpc) is 3.31. The molecule has 0 aliphatic rings. The maximum atomic E-state index is 11.6. The van der Waals surface area contributed by atoms with Crippen LogP contribution >= 0.6 is 0 Å². The molecule has 0 spiro atoms. The lowest BCUT2D eigenvalue weighted by Gasteiger charge is -2.06. The molecule has 2 N–H and O–H groups in total. The van der Waals surface area contributed by atoms with Crippen molar-refractivity contribution in [1.29, 1.82) is 0 Å². The Hall–Kier alpha value is -4.01. The average molecular weight is 364 g/mol. The minimum atomic E-state index is -1.35. The largest absolute Gasteiger partial charge is 0.511 e. The van der Waals surface area contributed by atoms with Gasteiger partial charge in [0, 0.05) is 28.6 Å². The summed E-state index contributed by atoms with van der Waals surface area (Å²) in [6.45, 7) is 0. The molecule has 0 bridgehead atoms. The van der Waals surface area contributed by atoms with Gasteiger partial charge in [-0.05, 0) is 35.4 Å². The van der Waals surface area contributed by atoms with Crippen molar-refractivity contribution in [2.75, 3.05) is 0 Å². The Morgan fingerprint density at radius 2 is 1.85 bits per heavy atom. The molecule has 4 aromatic rings. The molecule has 0 fully saturated rings. The lowest BCUT2D eigenvalue weighted by Crippen LogP contribution is -2.25. The second-order valence-electron chi connectivity index (χ2n) is 5.92. The number of aromatic carboxylic acids is 1. The molecule has 4 rings (SSSR count). The zero-order valence-corrected chi connectivity index (χ0v) is 13.9. The molecule has 0 saturated heterocycles. The van der Waals surface area contributed by atoms with E-state index in [0.717, 1.165) is 16.8 Å². The second kappa shape index (κ2) is 6.37. The summed E-state index contributed by atoms with van der Waals surface area (Å²) in [5, 5.41) is 26.6. The number of fused-ring (bicyclic) bond motifs is 1. The van der Waals surface area contributed by atoms with Crippen LogP contribution in [0.15, 0.2) is 61.3 Å². The monoisotopic (exact) mass is 364 g/mol. The summed E-state index contributed by atoms with van der Waals surface area (Å²) in [5.41, 5.74) is 2.49. The number of nitrogens with zero attached hydrogens (tertiary/aromatic N) is 5. The first-order valence-corrected chi connectivity index (χ1v) is 8.00. The highest BCUT2D eigenvalue weighted by atomic mass is 16.4. The van der Waals surface area contributed by atoms with Gasteiger partial charge in [0.2, 0.25) is 0 Å². The Morgan fingerprint density at radius 3 is 2.48 bits per heavy atom. The van der Waals surface area contributed by atoms with Crippen molar-refractivity contribution in [3.05, 3.63) is 78.0 Å². The Balaban J connectivity index is 1.70. The van der Waals surface area contributed by atoms with E-state index in [4.69, 9.17) is 0 Å². The van der Waals surface area contributed by atoms with E-state index in [2.05, 4.69) is 10.2 Å². The van der Waals surface area contributed by atoms with E-state index < -0.39 is 12.1 Å². The molecule has 3 aromatic heterocycles. The number of carboxylic acid groups (broad SMARTS) is 2. The van der Waals surface area contributed by atoms with Crippen molar-refractivity contribution in [2.45, 2.75) is 6.42 Å². The molecule has 27 heavy (non-hydrogen) atoms. The molecule has 0 aliphatic heterocycles. The van der Waals surface area contributed by atoms with Gasteiger partial charge in [0.25, 0.3) is 12.0 Å². The number of pyridine rings is 1. The van der Waals surface area contributed by atoms with E-state index in [0.29, 0.717) is 11.1 Å². The normalized spacial score (nSPS) is 11.0. The Bertz CT molecular complexity index is 1150. The van der Waals surface area contributed by atoms with Gasteiger partial charge in [-0.3, -0.25) is 0 Å². The molecule has 0 radical (unpaired) electrons. The minimum absolute atomic E-state index is 0.00669. The van der Waals surface area contributed by atoms with E-state index in [1.807, 2.05) is 36.5 Å². The minimum Gasteiger partial charge on any atom is -0.477 e. The third-order valence-electron chi connectivity index (χ3n) is 4.14. The summed E-state index contributed by atoms with van der Waals surface area (Å²) < 4.78 is 3.80. The number of rotatable bonds is 4. The number of hydrogen-bond acceptors (Lipinski definition) is 4. The van der Waals surface area contributed by atoms with Crippen LogP contribution in [0.2, 0.25) is 0 Å². The van der Waals surface area contributed by atoms with Crippen LogP contribution < -0.4 is 4.40 Å². The third kappa shape index (κ3) is 3.01. The van der Waals surface area contributed by atoms with Crippen molar-refractivity contribution >= 4 is 17.7 Å². The molecule has 9 heteroatoms. The van der Waals surface area contributed by atoms with Gasteiger partial charge in [-0.2, -0.15) is 5.10 Å². The SMILES string of the molecule is O=C(O)c1cc(Cc2ccc(-n3cccn3)cc2)c[n+]2cnn(C(=O)O)c12. The van der Waals surface area contributed by atoms with Crippen molar-refractivity contribution in [1.82, 2.24) is 19.6 Å². The number of benzene rings is 1. The molecule has 0 aliphatic carbocycles. The fraction of sp³-hybridized carbons (Fsp3) is 0.0556. The quantitative estimate of drug-likeness (QED) is 0.532. The molecule has 0 amide bonds. The highest BCUT2D eigenvalue weighted by Gasteiger charge is 2.26. The van der Waals surface area contributed by atoms with Gasteiger partial charge >= 0.3 is 12.1 Å². The Kier molecular flexibility index (Phi) is 3.88. The first-order valence-electron chi connectivity index (χ1n) is 8.00. The predicted octanol–water partition coefficient (Wildman–Crippen LogP) is 1.62.